The molecular formula is C26H40O6. The molecule has 2 aliphatic rings. The topological polar surface area (TPSA) is 63.2 Å². The van der Waals surface area contributed by atoms with Crippen LogP contribution in [0.15, 0.2) is 18.2 Å². The third-order valence-corrected chi connectivity index (χ3v) is 6.72. The molecule has 2 saturated heterocycles. The number of ether oxygens (including phenoxy) is 5. The molecular weight excluding hydrogens is 408 g/mol. The van der Waals surface area contributed by atoms with Crippen LogP contribution in [0.1, 0.15) is 64.7 Å². The Kier molecular flexibility index (Phi) is 7.70. The Labute approximate surface area is 192 Å². The molecule has 0 saturated carbocycles. The lowest BCUT2D eigenvalue weighted by Gasteiger charge is -2.52. The normalized spacial score (nSPS) is 23.7. The van der Waals surface area contributed by atoms with Gasteiger partial charge in [-0.05, 0) is 43.7 Å². The van der Waals surface area contributed by atoms with E-state index in [9.17, 15) is 4.79 Å². The minimum Gasteiger partial charge on any atom is -0.465 e. The zero-order chi connectivity index (χ0) is 23.6. The van der Waals surface area contributed by atoms with Crippen LogP contribution < -0.4 is 0 Å². The van der Waals surface area contributed by atoms with Crippen molar-refractivity contribution in [1.82, 2.24) is 0 Å². The van der Waals surface area contributed by atoms with Crippen LogP contribution in [0.3, 0.4) is 0 Å². The van der Waals surface area contributed by atoms with Crippen molar-refractivity contribution in [1.29, 1.82) is 0 Å². The molecule has 2 aliphatic heterocycles. The molecule has 0 bridgehead atoms. The third kappa shape index (κ3) is 5.90. The maximum absolute atomic E-state index is 12.6. The van der Waals surface area contributed by atoms with Crippen molar-refractivity contribution in [3.05, 3.63) is 34.9 Å². The van der Waals surface area contributed by atoms with Gasteiger partial charge in [-0.25, -0.2) is 0 Å². The standard InChI is InChI=1S/C26H40O6/c1-18-10-20(13-21(11-18)24(3,4)5)12-19(2)23(27)30-9-8-22-31-16-26(25(6,7)32-22)14-28-17-29-15-26/h10-11,13,19,22H,8-9,12,14-17H2,1-7H3. The lowest BCUT2D eigenvalue weighted by Crippen LogP contribution is -2.61. The Morgan fingerprint density at radius 1 is 1.16 bits per heavy atom. The molecule has 32 heavy (non-hydrogen) atoms. The first kappa shape index (κ1) is 25.2. The fraction of sp³-hybridized carbons (Fsp3) is 0.731. The summed E-state index contributed by atoms with van der Waals surface area (Å²) in [4.78, 5) is 12.6. The molecule has 2 unspecified atom stereocenters. The highest BCUT2D eigenvalue weighted by Crippen LogP contribution is 2.42. The summed E-state index contributed by atoms with van der Waals surface area (Å²) in [5.41, 5.74) is 2.98. The van der Waals surface area contributed by atoms with Gasteiger partial charge in [0.25, 0.3) is 0 Å². The number of aryl methyl sites for hydroxylation is 1. The molecule has 0 aliphatic carbocycles. The van der Waals surface area contributed by atoms with Crippen molar-refractivity contribution in [3.8, 4) is 0 Å². The van der Waals surface area contributed by atoms with Gasteiger partial charge in [0.2, 0.25) is 0 Å². The zero-order valence-corrected chi connectivity index (χ0v) is 20.8. The minimum absolute atomic E-state index is 0.0761. The molecule has 0 N–H and O–H groups in total. The second-order valence-electron chi connectivity index (χ2n) is 11.0. The van der Waals surface area contributed by atoms with Gasteiger partial charge in [-0.15, -0.1) is 0 Å². The quantitative estimate of drug-likeness (QED) is 0.595. The number of benzene rings is 1. The van der Waals surface area contributed by atoms with E-state index in [4.69, 9.17) is 23.7 Å². The van der Waals surface area contributed by atoms with Crippen LogP contribution in [0.2, 0.25) is 0 Å². The van der Waals surface area contributed by atoms with Gasteiger partial charge in [-0.2, -0.15) is 0 Å². The average molecular weight is 449 g/mol. The summed E-state index contributed by atoms with van der Waals surface area (Å²) < 4.78 is 28.7. The summed E-state index contributed by atoms with van der Waals surface area (Å²) in [6.45, 7) is 16.9. The van der Waals surface area contributed by atoms with E-state index in [2.05, 4.69) is 45.9 Å². The van der Waals surface area contributed by atoms with Gasteiger partial charge in [0.15, 0.2) is 6.29 Å². The van der Waals surface area contributed by atoms with E-state index in [0.29, 0.717) is 39.5 Å². The summed E-state index contributed by atoms with van der Waals surface area (Å²) in [6, 6.07) is 6.57. The first-order chi connectivity index (χ1) is 14.9. The van der Waals surface area contributed by atoms with Crippen LogP contribution in [-0.4, -0.2) is 51.1 Å². The number of esters is 1. The molecule has 180 valence electrons. The van der Waals surface area contributed by atoms with Crippen LogP contribution in [0.5, 0.6) is 0 Å². The molecule has 1 spiro atoms. The van der Waals surface area contributed by atoms with Crippen LogP contribution in [-0.2, 0) is 40.3 Å². The average Bonchev–Trinajstić information content (AvgIpc) is 2.70. The molecule has 3 rings (SSSR count). The van der Waals surface area contributed by atoms with Gasteiger partial charge in [0, 0.05) is 6.42 Å². The summed E-state index contributed by atoms with van der Waals surface area (Å²) in [7, 11) is 0. The highest BCUT2D eigenvalue weighted by Gasteiger charge is 2.53. The zero-order valence-electron chi connectivity index (χ0n) is 20.8. The van der Waals surface area contributed by atoms with Gasteiger partial charge >= 0.3 is 5.97 Å². The van der Waals surface area contributed by atoms with E-state index in [1.54, 1.807) is 0 Å². The second-order valence-corrected chi connectivity index (χ2v) is 11.0. The Morgan fingerprint density at radius 2 is 1.84 bits per heavy atom. The van der Waals surface area contributed by atoms with Gasteiger partial charge < -0.3 is 23.7 Å². The molecule has 0 radical (unpaired) electrons. The SMILES string of the molecule is Cc1cc(CC(C)C(=O)OCCC2OCC3(COCOC3)C(C)(C)O2)cc(C(C)(C)C)c1. The van der Waals surface area contributed by atoms with E-state index in [1.165, 1.54) is 16.7 Å². The molecule has 6 nitrogen and oxygen atoms in total. The lowest BCUT2D eigenvalue weighted by atomic mass is 9.74. The molecule has 1 aromatic rings. The van der Waals surface area contributed by atoms with Crippen molar-refractivity contribution in [2.75, 3.05) is 33.2 Å². The number of carbonyl (C=O) groups excluding carboxylic acids is 1. The smallest absolute Gasteiger partial charge is 0.308 e. The van der Waals surface area contributed by atoms with Gasteiger partial charge in [0.05, 0.1) is 43.4 Å². The van der Waals surface area contributed by atoms with Gasteiger partial charge in [-0.3, -0.25) is 4.79 Å². The predicted octanol–water partition coefficient (Wildman–Crippen LogP) is 4.55. The van der Waals surface area contributed by atoms with Crippen LogP contribution >= 0.6 is 0 Å². The Hall–Kier alpha value is -1.47. The molecule has 2 heterocycles. The van der Waals surface area contributed by atoms with Crippen molar-refractivity contribution in [3.63, 3.8) is 0 Å². The fourth-order valence-electron chi connectivity index (χ4n) is 4.31. The first-order valence-corrected chi connectivity index (χ1v) is 11.6. The maximum atomic E-state index is 12.6. The number of hydrogen-bond donors (Lipinski definition) is 0. The van der Waals surface area contributed by atoms with E-state index in [-0.39, 0.29) is 29.3 Å². The fourth-order valence-corrected chi connectivity index (χ4v) is 4.31. The molecule has 6 heteroatoms. The highest BCUT2D eigenvalue weighted by atomic mass is 16.7. The van der Waals surface area contributed by atoms with Crippen molar-refractivity contribution >= 4 is 5.97 Å². The van der Waals surface area contributed by atoms with E-state index in [1.807, 2.05) is 20.8 Å². The minimum atomic E-state index is -0.455. The largest absolute Gasteiger partial charge is 0.465 e. The summed E-state index contributed by atoms with van der Waals surface area (Å²) in [5.74, 6) is -0.404. The van der Waals surface area contributed by atoms with E-state index >= 15 is 0 Å². The van der Waals surface area contributed by atoms with Crippen LogP contribution in [0, 0.1) is 18.3 Å². The lowest BCUT2D eigenvalue weighted by molar-refractivity contribution is -0.342. The Balaban J connectivity index is 1.48. The van der Waals surface area contributed by atoms with Crippen LogP contribution in [0.25, 0.3) is 0 Å². The Morgan fingerprint density at radius 3 is 2.47 bits per heavy atom. The summed E-state index contributed by atoms with van der Waals surface area (Å²) in [5, 5.41) is 0. The maximum Gasteiger partial charge on any atom is 0.308 e. The van der Waals surface area contributed by atoms with Crippen LogP contribution in [0.4, 0.5) is 0 Å². The van der Waals surface area contributed by atoms with E-state index < -0.39 is 11.9 Å². The molecule has 0 amide bonds. The number of rotatable bonds is 6. The predicted molar refractivity (Wildman–Crippen MR) is 122 cm³/mol. The Bertz CT molecular complexity index is 788. The van der Waals surface area contributed by atoms with E-state index in [0.717, 1.165) is 0 Å². The highest BCUT2D eigenvalue weighted by molar-refractivity contribution is 5.72. The number of hydrogen-bond acceptors (Lipinski definition) is 6. The van der Waals surface area contributed by atoms with Gasteiger partial charge in [-0.1, -0.05) is 51.5 Å². The third-order valence-electron chi connectivity index (χ3n) is 6.72. The first-order valence-electron chi connectivity index (χ1n) is 11.6. The molecule has 0 aromatic heterocycles. The van der Waals surface area contributed by atoms with Crippen molar-refractivity contribution in [2.45, 2.75) is 78.6 Å². The number of carbonyl (C=O) groups is 1. The summed E-state index contributed by atoms with van der Waals surface area (Å²) >= 11 is 0. The van der Waals surface area contributed by atoms with Gasteiger partial charge in [0.1, 0.15) is 6.79 Å². The molecule has 2 fully saturated rings. The monoisotopic (exact) mass is 448 g/mol. The second kappa shape index (κ2) is 9.80. The van der Waals surface area contributed by atoms with Crippen molar-refractivity contribution < 1.29 is 28.5 Å². The van der Waals surface area contributed by atoms with Crippen molar-refractivity contribution in [2.24, 2.45) is 11.3 Å². The molecule has 1 aromatic carbocycles. The summed E-state index contributed by atoms with van der Waals surface area (Å²) in [6.07, 6.45) is 0.750. The molecule has 2 atom stereocenters.